The average molecular weight is 257 g/mol. The van der Waals surface area contributed by atoms with Crippen molar-refractivity contribution in [3.05, 3.63) is 22.8 Å². The molecule has 0 aliphatic heterocycles. The van der Waals surface area contributed by atoms with Gasteiger partial charge in [0, 0.05) is 12.6 Å². The summed E-state index contributed by atoms with van der Waals surface area (Å²) in [5, 5.41) is 2.75. The van der Waals surface area contributed by atoms with Crippen LogP contribution in [0.5, 0.6) is 0 Å². The van der Waals surface area contributed by atoms with Crippen LogP contribution in [0.1, 0.15) is 26.2 Å². The summed E-state index contributed by atoms with van der Waals surface area (Å²) in [7, 11) is 0. The predicted octanol–water partition coefficient (Wildman–Crippen LogP) is 2.97. The van der Waals surface area contributed by atoms with Gasteiger partial charge in [-0.1, -0.05) is 13.3 Å². The third kappa shape index (κ3) is 3.46. The number of hydrogen-bond acceptors (Lipinski definition) is 2. The lowest BCUT2D eigenvalue weighted by atomic mass is 10.2. The maximum Gasteiger partial charge on any atom is 0.225 e. The van der Waals surface area contributed by atoms with E-state index in [1.54, 1.807) is 6.20 Å². The Balaban J connectivity index is 2.52. The Kier molecular flexibility index (Phi) is 4.59. The number of carbonyl (C=O) groups excluding carboxylic acids is 1. The van der Waals surface area contributed by atoms with Gasteiger partial charge in [-0.3, -0.25) is 4.79 Å². The maximum absolute atomic E-state index is 11.4. The molecule has 0 fully saturated rings. The van der Waals surface area contributed by atoms with Crippen LogP contribution in [0.2, 0.25) is 0 Å². The minimum atomic E-state index is 0.0197. The smallest absolute Gasteiger partial charge is 0.225 e. The summed E-state index contributed by atoms with van der Waals surface area (Å²) < 4.78 is 0.810. The van der Waals surface area contributed by atoms with Gasteiger partial charge >= 0.3 is 0 Å². The van der Waals surface area contributed by atoms with Gasteiger partial charge in [0.05, 0.1) is 4.47 Å². The molecule has 0 aliphatic rings. The van der Waals surface area contributed by atoms with E-state index in [2.05, 4.69) is 33.2 Å². The molecule has 1 N–H and O–H groups in total. The first-order valence-electron chi connectivity index (χ1n) is 4.64. The van der Waals surface area contributed by atoms with Crippen molar-refractivity contribution in [3.8, 4) is 0 Å². The van der Waals surface area contributed by atoms with Crippen LogP contribution in [0.25, 0.3) is 0 Å². The van der Waals surface area contributed by atoms with E-state index in [0.717, 1.165) is 17.3 Å². The van der Waals surface area contributed by atoms with Gasteiger partial charge < -0.3 is 5.32 Å². The van der Waals surface area contributed by atoms with E-state index in [4.69, 9.17) is 0 Å². The minimum Gasteiger partial charge on any atom is -0.310 e. The van der Waals surface area contributed by atoms with E-state index in [0.29, 0.717) is 12.2 Å². The van der Waals surface area contributed by atoms with E-state index in [9.17, 15) is 4.79 Å². The van der Waals surface area contributed by atoms with Crippen molar-refractivity contribution >= 4 is 27.7 Å². The highest BCUT2D eigenvalue weighted by Crippen LogP contribution is 2.18. The number of amides is 1. The molecule has 1 aromatic heterocycles. The molecule has 3 nitrogen and oxygen atoms in total. The molecule has 0 spiro atoms. The molecule has 4 heteroatoms. The Morgan fingerprint density at radius 3 is 3.07 bits per heavy atom. The van der Waals surface area contributed by atoms with Crippen molar-refractivity contribution in [2.24, 2.45) is 0 Å². The number of nitrogens with zero attached hydrogens (tertiary/aromatic N) is 1. The van der Waals surface area contributed by atoms with Crippen molar-refractivity contribution in [1.29, 1.82) is 0 Å². The number of halogens is 1. The summed E-state index contributed by atoms with van der Waals surface area (Å²) in [6.45, 7) is 2.06. The monoisotopic (exact) mass is 256 g/mol. The van der Waals surface area contributed by atoms with E-state index in [1.807, 2.05) is 12.1 Å². The van der Waals surface area contributed by atoms with Gasteiger partial charge in [-0.25, -0.2) is 4.98 Å². The van der Waals surface area contributed by atoms with Crippen molar-refractivity contribution < 1.29 is 4.79 Å². The van der Waals surface area contributed by atoms with E-state index in [-0.39, 0.29) is 5.91 Å². The van der Waals surface area contributed by atoms with Crippen molar-refractivity contribution in [2.75, 3.05) is 5.32 Å². The van der Waals surface area contributed by atoms with Gasteiger partial charge in [-0.2, -0.15) is 0 Å². The highest BCUT2D eigenvalue weighted by atomic mass is 79.9. The Morgan fingerprint density at radius 2 is 2.43 bits per heavy atom. The lowest BCUT2D eigenvalue weighted by Crippen LogP contribution is -2.12. The van der Waals surface area contributed by atoms with Crippen molar-refractivity contribution in [3.63, 3.8) is 0 Å². The summed E-state index contributed by atoms with van der Waals surface area (Å²) in [6, 6.07) is 3.66. The van der Waals surface area contributed by atoms with Crippen molar-refractivity contribution in [1.82, 2.24) is 4.98 Å². The summed E-state index contributed by atoms with van der Waals surface area (Å²) >= 11 is 3.32. The van der Waals surface area contributed by atoms with E-state index < -0.39 is 0 Å². The number of hydrogen-bond donors (Lipinski definition) is 1. The van der Waals surface area contributed by atoms with Crippen LogP contribution in [0, 0.1) is 0 Å². The molecule has 1 rings (SSSR count). The predicted molar refractivity (Wildman–Crippen MR) is 60.1 cm³/mol. The fourth-order valence-corrected chi connectivity index (χ4v) is 1.36. The summed E-state index contributed by atoms with van der Waals surface area (Å²) in [4.78, 5) is 15.4. The highest BCUT2D eigenvalue weighted by molar-refractivity contribution is 9.10. The number of carbonyl (C=O) groups is 1. The molecule has 0 aromatic carbocycles. The van der Waals surface area contributed by atoms with Crippen LogP contribution in [0.3, 0.4) is 0 Å². The van der Waals surface area contributed by atoms with Crippen LogP contribution >= 0.6 is 15.9 Å². The molecule has 0 saturated heterocycles. The Bertz CT molecular complexity index is 315. The average Bonchev–Trinajstić information content (AvgIpc) is 2.18. The number of unbranched alkanes of at least 4 members (excludes halogenated alkanes) is 1. The van der Waals surface area contributed by atoms with Gasteiger partial charge in [-0.15, -0.1) is 0 Å². The standard InChI is InChI=1S/C10H13BrN2O/c1-2-3-6-9(14)13-10-8(11)5-4-7-12-10/h4-5,7H,2-3,6H2,1H3,(H,12,13,14). The third-order valence-electron chi connectivity index (χ3n) is 1.77. The molecule has 0 saturated carbocycles. The van der Waals surface area contributed by atoms with Gasteiger partial charge in [0.1, 0.15) is 5.82 Å². The van der Waals surface area contributed by atoms with Gasteiger partial charge in [0.15, 0.2) is 0 Å². The van der Waals surface area contributed by atoms with Gasteiger partial charge in [-0.05, 0) is 34.5 Å². The molecule has 1 aromatic rings. The molecule has 0 atom stereocenters. The number of pyridine rings is 1. The second kappa shape index (κ2) is 5.75. The van der Waals surface area contributed by atoms with Crippen LogP contribution in [-0.2, 0) is 4.79 Å². The molecule has 0 aliphatic carbocycles. The second-order valence-corrected chi connectivity index (χ2v) is 3.84. The fraction of sp³-hybridized carbons (Fsp3) is 0.400. The largest absolute Gasteiger partial charge is 0.310 e. The van der Waals surface area contributed by atoms with Gasteiger partial charge in [0.2, 0.25) is 5.91 Å². The summed E-state index contributed by atoms with van der Waals surface area (Å²) in [5.74, 6) is 0.611. The first-order valence-corrected chi connectivity index (χ1v) is 5.43. The lowest BCUT2D eigenvalue weighted by molar-refractivity contribution is -0.116. The Labute approximate surface area is 92.1 Å². The topological polar surface area (TPSA) is 42.0 Å². The van der Waals surface area contributed by atoms with Crippen LogP contribution < -0.4 is 5.32 Å². The summed E-state index contributed by atoms with van der Waals surface area (Å²) in [6.07, 6.45) is 4.15. The summed E-state index contributed by atoms with van der Waals surface area (Å²) in [5.41, 5.74) is 0. The SMILES string of the molecule is CCCCC(=O)Nc1ncccc1Br. The Hall–Kier alpha value is -0.900. The minimum absolute atomic E-state index is 0.0197. The van der Waals surface area contributed by atoms with E-state index >= 15 is 0 Å². The highest BCUT2D eigenvalue weighted by Gasteiger charge is 2.04. The fourth-order valence-electron chi connectivity index (χ4n) is 1.01. The molecule has 14 heavy (non-hydrogen) atoms. The molecule has 1 amide bonds. The van der Waals surface area contributed by atoms with Crippen LogP contribution in [0.4, 0.5) is 5.82 Å². The number of rotatable bonds is 4. The first kappa shape index (κ1) is 11.2. The maximum atomic E-state index is 11.4. The van der Waals surface area contributed by atoms with E-state index in [1.165, 1.54) is 0 Å². The lowest BCUT2D eigenvalue weighted by Gasteiger charge is -2.04. The van der Waals surface area contributed by atoms with Gasteiger partial charge in [0.25, 0.3) is 0 Å². The zero-order valence-electron chi connectivity index (χ0n) is 8.09. The molecule has 0 radical (unpaired) electrons. The molecule has 0 unspecified atom stereocenters. The van der Waals surface area contributed by atoms with Crippen molar-refractivity contribution in [2.45, 2.75) is 26.2 Å². The molecule has 76 valence electrons. The first-order chi connectivity index (χ1) is 6.74. The zero-order chi connectivity index (χ0) is 10.4. The van der Waals surface area contributed by atoms with Crippen LogP contribution in [-0.4, -0.2) is 10.9 Å². The molecular weight excluding hydrogens is 244 g/mol. The normalized spacial score (nSPS) is 9.86. The number of nitrogens with one attached hydrogen (secondary N) is 1. The number of anilines is 1. The third-order valence-corrected chi connectivity index (χ3v) is 2.41. The Morgan fingerprint density at radius 1 is 1.64 bits per heavy atom. The molecule has 1 heterocycles. The number of aromatic nitrogens is 1. The molecule has 0 bridgehead atoms. The zero-order valence-corrected chi connectivity index (χ0v) is 9.67. The van der Waals surface area contributed by atoms with Crippen LogP contribution in [0.15, 0.2) is 22.8 Å². The second-order valence-electron chi connectivity index (χ2n) is 2.99. The molecular formula is C10H13BrN2O. The quantitative estimate of drug-likeness (QED) is 0.900.